The third kappa shape index (κ3) is 1.87. The Morgan fingerprint density at radius 3 is 2.35 bits per heavy atom. The van der Waals surface area contributed by atoms with Crippen LogP contribution in [0.5, 0.6) is 0 Å². The van der Waals surface area contributed by atoms with E-state index < -0.39 is 7.12 Å². The molecule has 0 radical (unpaired) electrons. The largest absolute Gasteiger partial charge is 0.495 e. The van der Waals surface area contributed by atoms with Gasteiger partial charge in [0, 0.05) is 5.39 Å². The van der Waals surface area contributed by atoms with Gasteiger partial charge in [0.1, 0.15) is 12.1 Å². The minimum absolute atomic E-state index is 0.385. The highest BCUT2D eigenvalue weighted by molar-refractivity contribution is 6.65. The molecule has 6 heteroatoms. The summed E-state index contributed by atoms with van der Waals surface area (Å²) in [5.41, 5.74) is 6.90. The van der Waals surface area contributed by atoms with E-state index in [2.05, 4.69) is 9.97 Å². The molecule has 1 aromatic carbocycles. The lowest BCUT2D eigenvalue weighted by molar-refractivity contribution is 0.00578. The highest BCUT2D eigenvalue weighted by atomic mass is 16.7. The summed E-state index contributed by atoms with van der Waals surface area (Å²) in [5.74, 6) is 0.445. The van der Waals surface area contributed by atoms with E-state index in [0.29, 0.717) is 5.82 Å². The molecule has 5 nitrogen and oxygen atoms in total. The smallest absolute Gasteiger partial charge is 0.399 e. The SMILES string of the molecule is CC1(C)OB(c2cccc3ncnc(N)c23)OC1(C)C. The summed E-state index contributed by atoms with van der Waals surface area (Å²) in [4.78, 5) is 8.31. The van der Waals surface area contributed by atoms with E-state index in [4.69, 9.17) is 15.0 Å². The van der Waals surface area contributed by atoms with Crippen LogP contribution in [0.3, 0.4) is 0 Å². The zero-order valence-electron chi connectivity index (χ0n) is 12.2. The maximum atomic E-state index is 6.08. The second kappa shape index (κ2) is 4.17. The van der Waals surface area contributed by atoms with Gasteiger partial charge in [0.25, 0.3) is 0 Å². The summed E-state index contributed by atoms with van der Waals surface area (Å²) in [6.07, 6.45) is 1.46. The van der Waals surface area contributed by atoms with E-state index in [9.17, 15) is 0 Å². The lowest BCUT2D eigenvalue weighted by Gasteiger charge is -2.32. The molecule has 0 unspecified atom stereocenters. The van der Waals surface area contributed by atoms with E-state index in [1.165, 1.54) is 6.33 Å². The fourth-order valence-electron chi connectivity index (χ4n) is 2.33. The summed E-state index contributed by atoms with van der Waals surface area (Å²) in [6, 6.07) is 5.78. The van der Waals surface area contributed by atoms with Crippen molar-refractivity contribution in [3.8, 4) is 0 Å². The van der Waals surface area contributed by atoms with Crippen LogP contribution in [-0.4, -0.2) is 28.3 Å². The van der Waals surface area contributed by atoms with E-state index >= 15 is 0 Å². The molecule has 1 fully saturated rings. The fourth-order valence-corrected chi connectivity index (χ4v) is 2.33. The number of rotatable bonds is 1. The summed E-state index contributed by atoms with van der Waals surface area (Å²) in [7, 11) is -0.461. The minimum Gasteiger partial charge on any atom is -0.399 e. The van der Waals surface area contributed by atoms with E-state index in [0.717, 1.165) is 16.4 Å². The molecule has 1 saturated heterocycles. The molecule has 0 aliphatic carbocycles. The number of anilines is 1. The van der Waals surface area contributed by atoms with Gasteiger partial charge >= 0.3 is 7.12 Å². The van der Waals surface area contributed by atoms with Gasteiger partial charge in [-0.25, -0.2) is 9.97 Å². The Bertz CT molecular complexity index is 651. The molecular weight excluding hydrogens is 253 g/mol. The molecule has 0 amide bonds. The number of benzene rings is 1. The van der Waals surface area contributed by atoms with Crippen molar-refractivity contribution in [2.75, 3.05) is 5.73 Å². The van der Waals surface area contributed by atoms with E-state index in [1.807, 2.05) is 45.9 Å². The minimum atomic E-state index is -0.461. The Morgan fingerprint density at radius 2 is 1.70 bits per heavy atom. The lowest BCUT2D eigenvalue weighted by atomic mass is 9.76. The van der Waals surface area contributed by atoms with Crippen molar-refractivity contribution in [2.24, 2.45) is 0 Å². The van der Waals surface area contributed by atoms with Crippen LogP contribution in [-0.2, 0) is 9.31 Å². The molecule has 2 aromatic rings. The molecule has 1 aromatic heterocycles. The Kier molecular flexibility index (Phi) is 2.78. The van der Waals surface area contributed by atoms with Crippen LogP contribution in [0.4, 0.5) is 5.82 Å². The lowest BCUT2D eigenvalue weighted by Crippen LogP contribution is -2.41. The van der Waals surface area contributed by atoms with Crippen molar-refractivity contribution in [3.05, 3.63) is 24.5 Å². The number of nitrogen functional groups attached to an aromatic ring is 1. The number of nitrogens with zero attached hydrogens (tertiary/aromatic N) is 2. The molecule has 0 atom stereocenters. The van der Waals surface area contributed by atoms with Crippen LogP contribution < -0.4 is 11.2 Å². The van der Waals surface area contributed by atoms with Gasteiger partial charge in [-0.1, -0.05) is 12.1 Å². The Balaban J connectivity index is 2.13. The zero-order valence-corrected chi connectivity index (χ0v) is 12.2. The zero-order chi connectivity index (χ0) is 14.5. The Labute approximate surface area is 118 Å². The first-order valence-corrected chi connectivity index (χ1v) is 6.66. The molecule has 2 N–H and O–H groups in total. The number of hydrogen-bond donors (Lipinski definition) is 1. The average molecular weight is 271 g/mol. The topological polar surface area (TPSA) is 70.3 Å². The number of aromatic nitrogens is 2. The van der Waals surface area contributed by atoms with Crippen molar-refractivity contribution in [2.45, 2.75) is 38.9 Å². The van der Waals surface area contributed by atoms with Crippen LogP contribution >= 0.6 is 0 Å². The van der Waals surface area contributed by atoms with Gasteiger partial charge in [0.05, 0.1) is 16.7 Å². The normalized spacial score (nSPS) is 20.5. The van der Waals surface area contributed by atoms with Gasteiger partial charge in [-0.2, -0.15) is 0 Å². The first kappa shape index (κ1) is 13.3. The standard InChI is InChI=1S/C14H18BN3O2/c1-13(2)14(3,4)20-15(19-13)9-6-5-7-10-11(9)12(16)18-8-17-10/h5-8H,1-4H3,(H2,16,17,18). The van der Waals surface area contributed by atoms with Crippen LogP contribution in [0.15, 0.2) is 24.5 Å². The van der Waals surface area contributed by atoms with Crippen LogP contribution in [0.1, 0.15) is 27.7 Å². The van der Waals surface area contributed by atoms with Gasteiger partial charge in [0.2, 0.25) is 0 Å². The summed E-state index contributed by atoms with van der Waals surface area (Å²) in [6.45, 7) is 8.10. The van der Waals surface area contributed by atoms with E-state index in [1.54, 1.807) is 0 Å². The summed E-state index contributed by atoms with van der Waals surface area (Å²) >= 11 is 0. The van der Waals surface area contributed by atoms with Crippen molar-refractivity contribution in [1.82, 2.24) is 9.97 Å². The second-order valence-corrected chi connectivity index (χ2v) is 6.09. The quantitative estimate of drug-likeness (QED) is 0.796. The maximum absolute atomic E-state index is 6.08. The first-order chi connectivity index (χ1) is 9.32. The van der Waals surface area contributed by atoms with Gasteiger partial charge in [-0.05, 0) is 39.2 Å². The molecule has 1 aliphatic heterocycles. The molecule has 0 spiro atoms. The second-order valence-electron chi connectivity index (χ2n) is 6.09. The van der Waals surface area contributed by atoms with Crippen molar-refractivity contribution < 1.29 is 9.31 Å². The molecule has 0 saturated carbocycles. The molecule has 1 aliphatic rings. The monoisotopic (exact) mass is 271 g/mol. The number of fused-ring (bicyclic) bond motifs is 1. The van der Waals surface area contributed by atoms with Gasteiger partial charge < -0.3 is 15.0 Å². The molecular formula is C14H18BN3O2. The van der Waals surface area contributed by atoms with Gasteiger partial charge in [0.15, 0.2) is 0 Å². The van der Waals surface area contributed by atoms with Crippen molar-refractivity contribution in [3.63, 3.8) is 0 Å². The molecule has 104 valence electrons. The molecule has 2 heterocycles. The maximum Gasteiger partial charge on any atom is 0.495 e. The van der Waals surface area contributed by atoms with Crippen molar-refractivity contribution >= 4 is 29.3 Å². The average Bonchev–Trinajstić information content (AvgIpc) is 2.58. The molecule has 20 heavy (non-hydrogen) atoms. The molecule has 3 rings (SSSR count). The van der Waals surface area contributed by atoms with Gasteiger partial charge in [-0.3, -0.25) is 0 Å². The first-order valence-electron chi connectivity index (χ1n) is 6.66. The Hall–Kier alpha value is -1.66. The van der Waals surface area contributed by atoms with Crippen LogP contribution in [0.2, 0.25) is 0 Å². The van der Waals surface area contributed by atoms with Crippen LogP contribution in [0, 0.1) is 0 Å². The molecule has 0 bridgehead atoms. The van der Waals surface area contributed by atoms with E-state index in [-0.39, 0.29) is 11.2 Å². The predicted octanol–water partition coefficient (Wildman–Crippen LogP) is 1.51. The highest BCUT2D eigenvalue weighted by Gasteiger charge is 2.52. The third-order valence-electron chi connectivity index (χ3n) is 4.23. The fraction of sp³-hybridized carbons (Fsp3) is 0.429. The number of hydrogen-bond acceptors (Lipinski definition) is 5. The predicted molar refractivity (Wildman–Crippen MR) is 79.7 cm³/mol. The summed E-state index contributed by atoms with van der Waals surface area (Å²) in [5, 5.41) is 0.800. The van der Waals surface area contributed by atoms with Gasteiger partial charge in [-0.15, -0.1) is 0 Å². The van der Waals surface area contributed by atoms with Crippen molar-refractivity contribution in [1.29, 1.82) is 0 Å². The third-order valence-corrected chi connectivity index (χ3v) is 4.23. The van der Waals surface area contributed by atoms with Crippen LogP contribution in [0.25, 0.3) is 10.9 Å². The Morgan fingerprint density at radius 1 is 1.05 bits per heavy atom. The number of nitrogens with two attached hydrogens (primary N) is 1. The summed E-state index contributed by atoms with van der Waals surface area (Å²) < 4.78 is 12.2. The highest BCUT2D eigenvalue weighted by Crippen LogP contribution is 2.37.